The van der Waals surface area contributed by atoms with E-state index in [0.29, 0.717) is 16.9 Å². The molecule has 0 aliphatic heterocycles. The van der Waals surface area contributed by atoms with Gasteiger partial charge in [0.1, 0.15) is 5.75 Å². The van der Waals surface area contributed by atoms with Crippen LogP contribution in [0.4, 0.5) is 17.1 Å². The maximum atomic E-state index is 13.1. The highest BCUT2D eigenvalue weighted by molar-refractivity contribution is 6.11. The summed E-state index contributed by atoms with van der Waals surface area (Å²) in [5, 5.41) is 8.02. The molecule has 1 aromatic heterocycles. The number of anilines is 3. The van der Waals surface area contributed by atoms with Gasteiger partial charge in [0.25, 0.3) is 17.4 Å². The van der Waals surface area contributed by atoms with Crippen LogP contribution in [-0.4, -0.2) is 35.3 Å². The van der Waals surface area contributed by atoms with Gasteiger partial charge >= 0.3 is 0 Å². The molecule has 0 saturated heterocycles. The normalized spacial score (nSPS) is 10.3. The molecule has 0 aliphatic carbocycles. The van der Waals surface area contributed by atoms with E-state index in [9.17, 15) is 24.0 Å². The van der Waals surface area contributed by atoms with Gasteiger partial charge in [-0.1, -0.05) is 6.07 Å². The molecular formula is C29H25N5O6. The quantitative estimate of drug-likeness (QED) is 0.268. The number of ether oxygens (including phenoxy) is 1. The standard InChI is InChI=1S/C29H25N5O6/c1-17(35)31-23-13-9-20(16-25(23)40-2)29(39)33-24-15-19(27(30)37)8-12-22(24)32-28(38)18-6-10-21(11-7-18)34-14-4-3-5-26(34)36/h3-16H,1-2H3,(H2,30,37)(H,31,35)(H,32,38)(H,33,39). The molecule has 4 aromatic rings. The lowest BCUT2D eigenvalue weighted by Gasteiger charge is -2.15. The number of rotatable bonds is 8. The minimum absolute atomic E-state index is 0.115. The average Bonchev–Trinajstić information content (AvgIpc) is 2.94. The molecule has 1 heterocycles. The predicted molar refractivity (Wildman–Crippen MR) is 150 cm³/mol. The van der Waals surface area contributed by atoms with Crippen LogP contribution in [-0.2, 0) is 4.79 Å². The largest absolute Gasteiger partial charge is 0.495 e. The highest BCUT2D eigenvalue weighted by atomic mass is 16.5. The minimum Gasteiger partial charge on any atom is -0.495 e. The molecule has 0 spiro atoms. The Morgan fingerprint density at radius 1 is 0.725 bits per heavy atom. The fourth-order valence-corrected chi connectivity index (χ4v) is 3.84. The van der Waals surface area contributed by atoms with Gasteiger partial charge < -0.3 is 26.4 Å². The fraction of sp³-hybridized carbons (Fsp3) is 0.0690. The highest BCUT2D eigenvalue weighted by Gasteiger charge is 2.17. The number of primary amides is 1. The summed E-state index contributed by atoms with van der Waals surface area (Å²) in [7, 11) is 1.40. The number of benzene rings is 3. The number of aromatic nitrogens is 1. The lowest BCUT2D eigenvalue weighted by molar-refractivity contribution is -0.114. The number of methoxy groups -OCH3 is 1. The van der Waals surface area contributed by atoms with E-state index in [1.165, 1.54) is 61.1 Å². The number of hydrogen-bond acceptors (Lipinski definition) is 6. The minimum atomic E-state index is -0.721. The van der Waals surface area contributed by atoms with Crippen LogP contribution < -0.4 is 32.0 Å². The first-order valence-electron chi connectivity index (χ1n) is 12.0. The third-order valence-corrected chi connectivity index (χ3v) is 5.81. The summed E-state index contributed by atoms with van der Waals surface area (Å²) < 4.78 is 6.71. The van der Waals surface area contributed by atoms with Crippen LogP contribution in [0, 0.1) is 0 Å². The van der Waals surface area contributed by atoms with Crippen LogP contribution in [0.3, 0.4) is 0 Å². The number of nitrogens with one attached hydrogen (secondary N) is 3. The summed E-state index contributed by atoms with van der Waals surface area (Å²) in [6, 6.07) is 19.8. The molecule has 0 aliphatic rings. The smallest absolute Gasteiger partial charge is 0.255 e. The summed E-state index contributed by atoms with van der Waals surface area (Å²) in [5.41, 5.74) is 7.13. The Morgan fingerprint density at radius 2 is 1.35 bits per heavy atom. The Balaban J connectivity index is 1.58. The molecule has 0 fully saturated rings. The molecule has 202 valence electrons. The van der Waals surface area contributed by atoms with Gasteiger partial charge in [0.15, 0.2) is 0 Å². The summed E-state index contributed by atoms with van der Waals surface area (Å²) in [4.78, 5) is 61.4. The van der Waals surface area contributed by atoms with E-state index >= 15 is 0 Å². The molecule has 0 atom stereocenters. The van der Waals surface area contributed by atoms with E-state index in [1.54, 1.807) is 42.6 Å². The monoisotopic (exact) mass is 539 g/mol. The molecule has 3 aromatic carbocycles. The van der Waals surface area contributed by atoms with Crippen molar-refractivity contribution in [3.05, 3.63) is 112 Å². The van der Waals surface area contributed by atoms with Crippen molar-refractivity contribution in [3.8, 4) is 11.4 Å². The number of carbonyl (C=O) groups is 4. The zero-order chi connectivity index (χ0) is 28.8. The molecule has 4 amide bonds. The van der Waals surface area contributed by atoms with Gasteiger partial charge in [0.05, 0.1) is 24.2 Å². The first-order chi connectivity index (χ1) is 19.2. The first-order valence-corrected chi connectivity index (χ1v) is 12.0. The second kappa shape index (κ2) is 11.8. The van der Waals surface area contributed by atoms with E-state index in [2.05, 4.69) is 16.0 Å². The van der Waals surface area contributed by atoms with Crippen LogP contribution in [0.25, 0.3) is 5.69 Å². The molecule has 5 N–H and O–H groups in total. The Hall–Kier alpha value is -5.71. The number of hydrogen-bond donors (Lipinski definition) is 4. The number of amides is 4. The van der Waals surface area contributed by atoms with Crippen molar-refractivity contribution < 1.29 is 23.9 Å². The number of pyridine rings is 1. The van der Waals surface area contributed by atoms with Crippen molar-refractivity contribution in [1.29, 1.82) is 0 Å². The number of nitrogens with two attached hydrogens (primary N) is 1. The van der Waals surface area contributed by atoms with Crippen LogP contribution in [0.1, 0.15) is 38.0 Å². The van der Waals surface area contributed by atoms with Crippen molar-refractivity contribution in [1.82, 2.24) is 4.57 Å². The Labute approximate surface area is 228 Å². The third kappa shape index (κ3) is 6.22. The zero-order valence-corrected chi connectivity index (χ0v) is 21.6. The molecular weight excluding hydrogens is 514 g/mol. The van der Waals surface area contributed by atoms with Crippen LogP contribution in [0.5, 0.6) is 5.75 Å². The predicted octanol–water partition coefficient (Wildman–Crippen LogP) is 3.41. The molecule has 11 nitrogen and oxygen atoms in total. The van der Waals surface area contributed by atoms with E-state index in [-0.39, 0.29) is 39.7 Å². The zero-order valence-electron chi connectivity index (χ0n) is 21.6. The maximum absolute atomic E-state index is 13.1. The lowest BCUT2D eigenvalue weighted by atomic mass is 10.1. The Morgan fingerprint density at radius 3 is 2.00 bits per heavy atom. The molecule has 4 rings (SSSR count). The first kappa shape index (κ1) is 27.3. The van der Waals surface area contributed by atoms with Crippen molar-refractivity contribution in [2.75, 3.05) is 23.1 Å². The van der Waals surface area contributed by atoms with Crippen molar-refractivity contribution in [3.63, 3.8) is 0 Å². The maximum Gasteiger partial charge on any atom is 0.255 e. The summed E-state index contributed by atoms with van der Waals surface area (Å²) in [6.45, 7) is 1.35. The van der Waals surface area contributed by atoms with Crippen molar-refractivity contribution >= 4 is 40.7 Å². The van der Waals surface area contributed by atoms with E-state index in [1.807, 2.05) is 0 Å². The molecule has 0 saturated carbocycles. The Kier molecular flexibility index (Phi) is 8.05. The summed E-state index contributed by atoms with van der Waals surface area (Å²) >= 11 is 0. The van der Waals surface area contributed by atoms with Crippen LogP contribution >= 0.6 is 0 Å². The van der Waals surface area contributed by atoms with Gasteiger partial charge in [-0.15, -0.1) is 0 Å². The fourth-order valence-electron chi connectivity index (χ4n) is 3.84. The lowest BCUT2D eigenvalue weighted by Crippen LogP contribution is -2.19. The SMILES string of the molecule is COc1cc(C(=O)Nc2cc(C(N)=O)ccc2NC(=O)c2ccc(-n3ccccc3=O)cc2)ccc1NC(C)=O. The third-order valence-electron chi connectivity index (χ3n) is 5.81. The Bertz CT molecular complexity index is 1680. The van der Waals surface area contributed by atoms with Gasteiger partial charge in [-0.3, -0.25) is 28.5 Å². The van der Waals surface area contributed by atoms with Gasteiger partial charge in [-0.2, -0.15) is 0 Å². The van der Waals surface area contributed by atoms with Crippen LogP contribution in [0.15, 0.2) is 89.9 Å². The van der Waals surface area contributed by atoms with Gasteiger partial charge in [-0.25, -0.2) is 0 Å². The molecule has 0 radical (unpaired) electrons. The van der Waals surface area contributed by atoms with Crippen LogP contribution in [0.2, 0.25) is 0 Å². The molecule has 11 heteroatoms. The molecule has 0 bridgehead atoms. The van der Waals surface area contributed by atoms with Crippen molar-refractivity contribution in [2.45, 2.75) is 6.92 Å². The topological polar surface area (TPSA) is 162 Å². The van der Waals surface area contributed by atoms with Gasteiger partial charge in [-0.05, 0) is 66.7 Å². The van der Waals surface area contributed by atoms with Crippen molar-refractivity contribution in [2.24, 2.45) is 5.73 Å². The second-order valence-corrected chi connectivity index (χ2v) is 8.58. The van der Waals surface area contributed by atoms with E-state index < -0.39 is 17.7 Å². The molecule has 40 heavy (non-hydrogen) atoms. The number of carbonyl (C=O) groups excluding carboxylic acids is 4. The summed E-state index contributed by atoms with van der Waals surface area (Å²) in [6.07, 6.45) is 1.62. The molecule has 0 unspecified atom stereocenters. The summed E-state index contributed by atoms with van der Waals surface area (Å²) in [5.74, 6) is -1.81. The highest BCUT2D eigenvalue weighted by Crippen LogP contribution is 2.28. The number of nitrogens with zero attached hydrogens (tertiary/aromatic N) is 1. The van der Waals surface area contributed by atoms with Gasteiger partial charge in [0, 0.05) is 41.6 Å². The average molecular weight is 540 g/mol. The van der Waals surface area contributed by atoms with Gasteiger partial charge in [0.2, 0.25) is 11.8 Å². The van der Waals surface area contributed by atoms with E-state index in [4.69, 9.17) is 10.5 Å². The van der Waals surface area contributed by atoms with E-state index in [0.717, 1.165) is 0 Å². The second-order valence-electron chi connectivity index (χ2n) is 8.58.